The highest BCUT2D eigenvalue weighted by Crippen LogP contribution is 2.44. The van der Waals surface area contributed by atoms with E-state index in [1.165, 1.54) is 18.2 Å². The first-order valence-corrected chi connectivity index (χ1v) is 4.79. The summed E-state index contributed by atoms with van der Waals surface area (Å²) in [6.45, 7) is 0. The fourth-order valence-corrected chi connectivity index (χ4v) is 1.96. The minimum atomic E-state index is -1.41. The maximum atomic E-state index is 13.9. The van der Waals surface area contributed by atoms with Gasteiger partial charge in [0.05, 0.1) is 5.02 Å². The van der Waals surface area contributed by atoms with Crippen molar-refractivity contribution >= 4 is 11.6 Å². The summed E-state index contributed by atoms with van der Waals surface area (Å²) in [4.78, 5) is 0. The van der Waals surface area contributed by atoms with Crippen LogP contribution in [0.25, 0.3) is 0 Å². The number of hydrogen-bond acceptors (Lipinski definition) is 1. The molecule has 1 aromatic rings. The van der Waals surface area contributed by atoms with Crippen LogP contribution < -0.4 is 5.73 Å². The van der Waals surface area contributed by atoms with Crippen molar-refractivity contribution in [2.75, 3.05) is 0 Å². The molecule has 0 radical (unpaired) electrons. The van der Waals surface area contributed by atoms with Crippen LogP contribution in [-0.2, 0) is 5.67 Å². The Morgan fingerprint density at radius 3 is 2.57 bits per heavy atom. The second-order valence-electron chi connectivity index (χ2n) is 3.76. The van der Waals surface area contributed by atoms with E-state index in [0.29, 0.717) is 5.56 Å². The molecule has 2 N–H and O–H groups in total. The first kappa shape index (κ1) is 9.87. The van der Waals surface area contributed by atoms with Crippen molar-refractivity contribution in [3.05, 3.63) is 34.6 Å². The lowest BCUT2D eigenvalue weighted by Crippen LogP contribution is -2.46. The molecule has 0 aromatic heterocycles. The van der Waals surface area contributed by atoms with E-state index in [0.717, 1.165) is 0 Å². The molecule has 1 saturated carbocycles. The van der Waals surface area contributed by atoms with E-state index >= 15 is 0 Å². The van der Waals surface area contributed by atoms with Crippen molar-refractivity contribution in [1.82, 2.24) is 0 Å². The van der Waals surface area contributed by atoms with Gasteiger partial charge >= 0.3 is 0 Å². The maximum Gasteiger partial charge on any atom is 0.141 e. The summed E-state index contributed by atoms with van der Waals surface area (Å²) in [6.07, 6.45) is 0.573. The maximum absolute atomic E-state index is 13.9. The zero-order valence-corrected chi connectivity index (χ0v) is 8.19. The molecule has 0 saturated heterocycles. The van der Waals surface area contributed by atoms with E-state index in [-0.39, 0.29) is 23.9 Å². The van der Waals surface area contributed by atoms with E-state index in [1.54, 1.807) is 0 Å². The van der Waals surface area contributed by atoms with Gasteiger partial charge in [0.2, 0.25) is 0 Å². The Labute approximate surface area is 85.9 Å². The summed E-state index contributed by atoms with van der Waals surface area (Å²) in [6, 6.07) is 3.85. The third kappa shape index (κ3) is 1.51. The Balaban J connectivity index is 2.29. The van der Waals surface area contributed by atoms with Crippen molar-refractivity contribution in [1.29, 1.82) is 0 Å². The van der Waals surface area contributed by atoms with Crippen LogP contribution >= 0.6 is 11.6 Å². The van der Waals surface area contributed by atoms with Gasteiger partial charge in [0.25, 0.3) is 0 Å². The number of hydrogen-bond donors (Lipinski definition) is 1. The Morgan fingerprint density at radius 1 is 1.43 bits per heavy atom. The SMILES string of the molecule is NC1CC(F)(c2ccc(F)c(Cl)c2)C1. The molecule has 0 amide bonds. The molecule has 4 heteroatoms. The van der Waals surface area contributed by atoms with E-state index in [4.69, 9.17) is 17.3 Å². The number of alkyl halides is 1. The highest BCUT2D eigenvalue weighted by atomic mass is 35.5. The molecule has 0 atom stereocenters. The van der Waals surface area contributed by atoms with Crippen molar-refractivity contribution in [2.24, 2.45) is 5.73 Å². The van der Waals surface area contributed by atoms with Crippen molar-refractivity contribution < 1.29 is 8.78 Å². The van der Waals surface area contributed by atoms with E-state index in [2.05, 4.69) is 0 Å². The summed E-state index contributed by atoms with van der Waals surface area (Å²) in [5.41, 5.74) is 4.53. The molecule has 1 nitrogen and oxygen atoms in total. The molecule has 1 aliphatic rings. The third-order valence-electron chi connectivity index (χ3n) is 2.61. The second kappa shape index (κ2) is 3.17. The Hall–Kier alpha value is -0.670. The topological polar surface area (TPSA) is 26.0 Å². The Morgan fingerprint density at radius 2 is 2.07 bits per heavy atom. The van der Waals surface area contributed by atoms with Gasteiger partial charge in [-0.2, -0.15) is 0 Å². The number of nitrogens with two attached hydrogens (primary N) is 1. The monoisotopic (exact) mass is 217 g/mol. The molecule has 0 bridgehead atoms. The van der Waals surface area contributed by atoms with Crippen LogP contribution in [-0.4, -0.2) is 6.04 Å². The van der Waals surface area contributed by atoms with E-state index in [9.17, 15) is 8.78 Å². The minimum absolute atomic E-state index is 0.0417. The van der Waals surface area contributed by atoms with Gasteiger partial charge in [-0.1, -0.05) is 17.7 Å². The van der Waals surface area contributed by atoms with Gasteiger partial charge in [-0.05, 0) is 17.7 Å². The zero-order valence-electron chi connectivity index (χ0n) is 7.43. The van der Waals surface area contributed by atoms with E-state index in [1.807, 2.05) is 0 Å². The van der Waals surface area contributed by atoms with Crippen molar-refractivity contribution in [3.8, 4) is 0 Å². The van der Waals surface area contributed by atoms with Gasteiger partial charge in [-0.3, -0.25) is 0 Å². The van der Waals surface area contributed by atoms with Gasteiger partial charge in [-0.25, -0.2) is 8.78 Å². The average Bonchev–Trinajstić information content (AvgIpc) is 2.07. The Kier molecular flexibility index (Phi) is 2.24. The number of benzene rings is 1. The molecule has 1 aliphatic carbocycles. The van der Waals surface area contributed by atoms with Crippen LogP contribution in [0.2, 0.25) is 5.02 Å². The van der Waals surface area contributed by atoms with Crippen molar-refractivity contribution in [2.45, 2.75) is 24.6 Å². The lowest BCUT2D eigenvalue weighted by Gasteiger charge is -2.39. The van der Waals surface area contributed by atoms with Crippen LogP contribution in [0.1, 0.15) is 18.4 Å². The standard InChI is InChI=1S/C10H10ClF2N/c11-8-3-6(1-2-9(8)12)10(13)4-7(14)5-10/h1-3,7H,4-5,14H2. The minimum Gasteiger partial charge on any atom is -0.327 e. The fraction of sp³-hybridized carbons (Fsp3) is 0.400. The molecule has 0 heterocycles. The molecule has 0 aliphatic heterocycles. The third-order valence-corrected chi connectivity index (χ3v) is 2.90. The zero-order chi connectivity index (χ0) is 10.3. The largest absolute Gasteiger partial charge is 0.327 e. The fourth-order valence-electron chi connectivity index (χ4n) is 1.78. The highest BCUT2D eigenvalue weighted by Gasteiger charge is 2.44. The molecule has 2 rings (SSSR count). The number of rotatable bonds is 1. The van der Waals surface area contributed by atoms with Gasteiger partial charge in [0.15, 0.2) is 0 Å². The van der Waals surface area contributed by atoms with Gasteiger partial charge in [0, 0.05) is 18.9 Å². The molecule has 0 spiro atoms. The molecule has 0 unspecified atom stereocenters. The summed E-state index contributed by atoms with van der Waals surface area (Å²) >= 11 is 5.56. The summed E-state index contributed by atoms with van der Waals surface area (Å²) in [5, 5.41) is -0.0417. The summed E-state index contributed by atoms with van der Waals surface area (Å²) in [7, 11) is 0. The molecule has 1 fully saturated rings. The van der Waals surface area contributed by atoms with Crippen LogP contribution in [0.3, 0.4) is 0 Å². The van der Waals surface area contributed by atoms with Gasteiger partial charge < -0.3 is 5.73 Å². The lowest BCUT2D eigenvalue weighted by atomic mass is 9.73. The molecule has 76 valence electrons. The van der Waals surface area contributed by atoms with Crippen LogP contribution in [0.5, 0.6) is 0 Å². The smallest absolute Gasteiger partial charge is 0.141 e. The molecule has 14 heavy (non-hydrogen) atoms. The summed E-state index contributed by atoms with van der Waals surface area (Å²) < 4.78 is 26.7. The van der Waals surface area contributed by atoms with Crippen molar-refractivity contribution in [3.63, 3.8) is 0 Å². The lowest BCUT2D eigenvalue weighted by molar-refractivity contribution is 0.0405. The van der Waals surface area contributed by atoms with Gasteiger partial charge in [0.1, 0.15) is 11.5 Å². The first-order valence-electron chi connectivity index (χ1n) is 4.41. The average molecular weight is 218 g/mol. The normalized spacial score (nSPS) is 31.3. The van der Waals surface area contributed by atoms with E-state index < -0.39 is 11.5 Å². The molecule has 1 aromatic carbocycles. The predicted octanol–water partition coefficient (Wildman–Crippen LogP) is 2.77. The molecular formula is C10H10ClF2N. The van der Waals surface area contributed by atoms with Crippen LogP contribution in [0.15, 0.2) is 18.2 Å². The molecular weight excluding hydrogens is 208 g/mol. The summed E-state index contributed by atoms with van der Waals surface area (Å²) in [5.74, 6) is -0.525. The van der Waals surface area contributed by atoms with Gasteiger partial charge in [-0.15, -0.1) is 0 Å². The Bertz CT molecular complexity index is 361. The van der Waals surface area contributed by atoms with Crippen LogP contribution in [0.4, 0.5) is 8.78 Å². The first-order chi connectivity index (χ1) is 6.51. The van der Waals surface area contributed by atoms with Crippen LogP contribution in [0, 0.1) is 5.82 Å². The second-order valence-corrected chi connectivity index (χ2v) is 4.17. The predicted molar refractivity (Wildman–Crippen MR) is 51.4 cm³/mol. The highest BCUT2D eigenvalue weighted by molar-refractivity contribution is 6.30. The quantitative estimate of drug-likeness (QED) is 0.769. The number of halogens is 3.